The third-order valence-corrected chi connectivity index (χ3v) is 2.47. The van der Waals surface area contributed by atoms with Gasteiger partial charge >= 0.3 is 0 Å². The van der Waals surface area contributed by atoms with Crippen molar-refractivity contribution in [2.45, 2.75) is 39.3 Å². The summed E-state index contributed by atoms with van der Waals surface area (Å²) >= 11 is 0. The Morgan fingerprint density at radius 1 is 1.69 bits per heavy atom. The Hall–Kier alpha value is -1.36. The van der Waals surface area contributed by atoms with Crippen LogP contribution < -0.4 is 11.1 Å². The fraction of sp³-hybridized carbons (Fsp3) is 0.636. The van der Waals surface area contributed by atoms with Crippen molar-refractivity contribution in [2.75, 3.05) is 6.54 Å². The van der Waals surface area contributed by atoms with Gasteiger partial charge in [-0.3, -0.25) is 4.79 Å². The topological polar surface area (TPSA) is 72.9 Å². The van der Waals surface area contributed by atoms with Crippen molar-refractivity contribution in [1.29, 1.82) is 0 Å². The van der Waals surface area contributed by atoms with E-state index < -0.39 is 5.54 Å². The van der Waals surface area contributed by atoms with E-state index in [1.165, 1.54) is 0 Å². The van der Waals surface area contributed by atoms with Crippen LogP contribution in [0.15, 0.2) is 12.5 Å². The minimum Gasteiger partial charge on any atom is -0.355 e. The van der Waals surface area contributed by atoms with Gasteiger partial charge in [0.1, 0.15) is 6.04 Å². The van der Waals surface area contributed by atoms with Crippen molar-refractivity contribution in [1.82, 2.24) is 14.9 Å². The highest BCUT2D eigenvalue weighted by molar-refractivity contribution is 5.79. The lowest BCUT2D eigenvalue weighted by molar-refractivity contribution is -0.123. The summed E-state index contributed by atoms with van der Waals surface area (Å²) in [4.78, 5) is 15.8. The van der Waals surface area contributed by atoms with Crippen LogP contribution in [0.5, 0.6) is 0 Å². The highest BCUT2D eigenvalue weighted by Gasteiger charge is 2.24. The monoisotopic (exact) mass is 224 g/mol. The van der Waals surface area contributed by atoms with Gasteiger partial charge in [0.15, 0.2) is 0 Å². The highest BCUT2D eigenvalue weighted by atomic mass is 16.2. The fourth-order valence-electron chi connectivity index (χ4n) is 1.56. The number of imidazole rings is 1. The summed E-state index contributed by atoms with van der Waals surface area (Å²) in [7, 11) is 0. The predicted octanol–water partition coefficient (Wildman–Crippen LogP) is 0.774. The zero-order chi connectivity index (χ0) is 12.3. The van der Waals surface area contributed by atoms with E-state index in [0.29, 0.717) is 6.54 Å². The van der Waals surface area contributed by atoms with Crippen LogP contribution in [0.2, 0.25) is 0 Å². The number of amides is 1. The molecule has 0 spiro atoms. The molecule has 1 unspecified atom stereocenters. The zero-order valence-electron chi connectivity index (χ0n) is 10.3. The van der Waals surface area contributed by atoms with Crippen LogP contribution in [0.25, 0.3) is 0 Å². The van der Waals surface area contributed by atoms with Crippen molar-refractivity contribution in [3.8, 4) is 0 Å². The lowest BCUT2D eigenvalue weighted by Crippen LogP contribution is -2.36. The van der Waals surface area contributed by atoms with Gasteiger partial charge in [0.2, 0.25) is 5.91 Å². The molecule has 1 heterocycles. The highest BCUT2D eigenvalue weighted by Crippen LogP contribution is 2.20. The number of carbonyl (C=O) groups is 1. The first-order chi connectivity index (χ1) is 7.38. The Balaban J connectivity index is 2.96. The molecule has 0 bridgehead atoms. The molecule has 0 saturated heterocycles. The summed E-state index contributed by atoms with van der Waals surface area (Å²) in [5, 5.41) is 2.78. The number of nitrogens with one attached hydrogen (secondary N) is 1. The Morgan fingerprint density at radius 2 is 2.31 bits per heavy atom. The van der Waals surface area contributed by atoms with Crippen molar-refractivity contribution >= 4 is 5.91 Å². The number of hydrogen-bond acceptors (Lipinski definition) is 3. The molecule has 90 valence electrons. The predicted molar refractivity (Wildman–Crippen MR) is 62.8 cm³/mol. The SMILES string of the molecule is CCNC(=O)C(C)n1cncc1C(C)(C)N. The second-order valence-electron chi connectivity index (χ2n) is 4.48. The summed E-state index contributed by atoms with van der Waals surface area (Å²) in [5.74, 6) is -0.0222. The maximum Gasteiger partial charge on any atom is 0.242 e. The van der Waals surface area contributed by atoms with E-state index >= 15 is 0 Å². The Bertz CT molecular complexity index is 364. The van der Waals surface area contributed by atoms with Crippen molar-refractivity contribution in [3.05, 3.63) is 18.2 Å². The molecule has 1 aromatic heterocycles. The number of nitrogens with two attached hydrogens (primary N) is 1. The molecule has 0 fully saturated rings. The van der Waals surface area contributed by atoms with Gasteiger partial charge < -0.3 is 15.6 Å². The Kier molecular flexibility index (Phi) is 3.70. The molecule has 5 heteroatoms. The second-order valence-corrected chi connectivity index (χ2v) is 4.48. The molecule has 5 nitrogen and oxygen atoms in total. The molecule has 16 heavy (non-hydrogen) atoms. The summed E-state index contributed by atoms with van der Waals surface area (Å²) in [6, 6.07) is -0.291. The van der Waals surface area contributed by atoms with Crippen molar-refractivity contribution in [2.24, 2.45) is 5.73 Å². The van der Waals surface area contributed by atoms with Gasteiger partial charge in [-0.1, -0.05) is 0 Å². The molecule has 0 saturated carbocycles. The molecular formula is C11H20N4O. The average molecular weight is 224 g/mol. The zero-order valence-corrected chi connectivity index (χ0v) is 10.3. The van der Waals surface area contributed by atoms with Crippen molar-refractivity contribution < 1.29 is 4.79 Å². The van der Waals surface area contributed by atoms with Crippen LogP contribution in [0.4, 0.5) is 0 Å². The molecule has 1 amide bonds. The number of rotatable bonds is 4. The van der Waals surface area contributed by atoms with Gasteiger partial charge in [-0.2, -0.15) is 0 Å². The van der Waals surface area contributed by atoms with Gasteiger partial charge in [0, 0.05) is 6.54 Å². The minimum atomic E-state index is -0.503. The van der Waals surface area contributed by atoms with Crippen molar-refractivity contribution in [3.63, 3.8) is 0 Å². The standard InChI is InChI=1S/C11H20N4O/c1-5-14-10(16)8(2)15-7-13-6-9(15)11(3,4)12/h6-8H,5,12H2,1-4H3,(H,14,16). The maximum absolute atomic E-state index is 11.7. The molecule has 0 aliphatic carbocycles. The van der Waals surface area contributed by atoms with Crippen LogP contribution in [-0.4, -0.2) is 22.0 Å². The average Bonchev–Trinajstić information content (AvgIpc) is 2.64. The molecule has 0 aliphatic heterocycles. The molecule has 1 rings (SSSR count). The van der Waals surface area contributed by atoms with E-state index in [1.807, 2.05) is 32.3 Å². The number of nitrogens with zero attached hydrogens (tertiary/aromatic N) is 2. The van der Waals surface area contributed by atoms with Crippen LogP contribution in [-0.2, 0) is 10.3 Å². The van der Waals surface area contributed by atoms with E-state index in [9.17, 15) is 4.79 Å². The minimum absolute atomic E-state index is 0.0222. The van der Waals surface area contributed by atoms with Gasteiger partial charge in [-0.25, -0.2) is 4.98 Å². The molecular weight excluding hydrogens is 204 g/mol. The van der Waals surface area contributed by atoms with E-state index in [-0.39, 0.29) is 11.9 Å². The van der Waals surface area contributed by atoms with E-state index in [4.69, 9.17) is 5.73 Å². The van der Waals surface area contributed by atoms with Crippen LogP contribution in [0.3, 0.4) is 0 Å². The van der Waals surface area contributed by atoms with Gasteiger partial charge in [-0.15, -0.1) is 0 Å². The summed E-state index contributed by atoms with van der Waals surface area (Å²) < 4.78 is 1.81. The smallest absolute Gasteiger partial charge is 0.242 e. The third kappa shape index (κ3) is 2.61. The number of hydrogen-bond donors (Lipinski definition) is 2. The largest absolute Gasteiger partial charge is 0.355 e. The molecule has 1 atom stereocenters. The first-order valence-corrected chi connectivity index (χ1v) is 5.46. The molecule has 0 aliphatic rings. The summed E-state index contributed by atoms with van der Waals surface area (Å²) in [6.45, 7) is 8.14. The first kappa shape index (κ1) is 12.7. The van der Waals surface area contributed by atoms with Gasteiger partial charge in [0.05, 0.1) is 23.8 Å². The van der Waals surface area contributed by atoms with E-state index in [0.717, 1.165) is 5.69 Å². The number of likely N-dealkylation sites (N-methyl/N-ethyl adjacent to an activating group) is 1. The van der Waals surface area contributed by atoms with E-state index in [1.54, 1.807) is 12.5 Å². The lowest BCUT2D eigenvalue weighted by Gasteiger charge is -2.23. The number of carbonyl (C=O) groups excluding carboxylic acids is 1. The van der Waals surface area contributed by atoms with Gasteiger partial charge in [0.25, 0.3) is 0 Å². The van der Waals surface area contributed by atoms with Crippen LogP contribution >= 0.6 is 0 Å². The summed E-state index contributed by atoms with van der Waals surface area (Å²) in [6.07, 6.45) is 3.35. The van der Waals surface area contributed by atoms with Crippen LogP contribution in [0, 0.1) is 0 Å². The van der Waals surface area contributed by atoms with Crippen LogP contribution in [0.1, 0.15) is 39.4 Å². The van der Waals surface area contributed by atoms with E-state index in [2.05, 4.69) is 10.3 Å². The maximum atomic E-state index is 11.7. The third-order valence-electron chi connectivity index (χ3n) is 2.47. The first-order valence-electron chi connectivity index (χ1n) is 5.46. The Labute approximate surface area is 96.0 Å². The number of aromatic nitrogens is 2. The quantitative estimate of drug-likeness (QED) is 0.793. The normalized spacial score (nSPS) is 13.6. The summed E-state index contributed by atoms with van der Waals surface area (Å²) in [5.41, 5.74) is 6.37. The molecule has 0 radical (unpaired) electrons. The Morgan fingerprint density at radius 3 is 2.81 bits per heavy atom. The fourth-order valence-corrected chi connectivity index (χ4v) is 1.56. The molecule has 1 aromatic rings. The lowest BCUT2D eigenvalue weighted by atomic mass is 10.0. The van der Waals surface area contributed by atoms with Gasteiger partial charge in [-0.05, 0) is 27.7 Å². The second kappa shape index (κ2) is 4.65. The molecule has 3 N–H and O–H groups in total. The molecule has 0 aromatic carbocycles.